The van der Waals surface area contributed by atoms with Crippen LogP contribution in [0.2, 0.25) is 0 Å². The first-order valence-electron chi connectivity index (χ1n) is 13.2. The minimum Gasteiger partial charge on any atom is -0.469 e. The van der Waals surface area contributed by atoms with Crippen molar-refractivity contribution >= 4 is 12.1 Å². The molecule has 0 unspecified atom stereocenters. The first kappa shape index (κ1) is 25.7. The van der Waals surface area contributed by atoms with Gasteiger partial charge in [-0.05, 0) is 97.7 Å². The van der Waals surface area contributed by atoms with Crippen LogP contribution in [0.3, 0.4) is 0 Å². The fraction of sp³-hybridized carbons (Fsp3) is 0.926. The zero-order chi connectivity index (χ0) is 24.8. The van der Waals surface area contributed by atoms with Crippen molar-refractivity contribution in [1.82, 2.24) is 0 Å². The third kappa shape index (κ3) is 4.15. The third-order valence-electron chi connectivity index (χ3n) is 11.0. The Hall–Kier alpha value is -1.34. The van der Waals surface area contributed by atoms with Crippen molar-refractivity contribution < 1.29 is 34.0 Å². The number of carbonyl (C=O) groups excluding carboxylic acids is 2. The van der Waals surface area contributed by atoms with E-state index in [-0.39, 0.29) is 46.6 Å². The van der Waals surface area contributed by atoms with E-state index in [9.17, 15) is 19.8 Å². The number of ether oxygens (including phenoxy) is 3. The van der Waals surface area contributed by atoms with Crippen LogP contribution in [0, 0.1) is 46.3 Å². The summed E-state index contributed by atoms with van der Waals surface area (Å²) in [5.74, 6) is 1.46. The molecule has 194 valence electrons. The minimum absolute atomic E-state index is 0.0246. The summed E-state index contributed by atoms with van der Waals surface area (Å²) in [7, 11) is 2.76. The average Bonchev–Trinajstić information content (AvgIpc) is 3.17. The zero-order valence-corrected chi connectivity index (χ0v) is 21.5. The Labute approximate surface area is 203 Å². The molecule has 2 N–H and O–H groups in total. The monoisotopic (exact) mass is 480 g/mol. The summed E-state index contributed by atoms with van der Waals surface area (Å²) in [6.45, 7) is 6.79. The normalized spacial score (nSPS) is 46.4. The highest BCUT2D eigenvalue weighted by atomic mass is 16.7. The van der Waals surface area contributed by atoms with Gasteiger partial charge in [-0.3, -0.25) is 4.79 Å². The Morgan fingerprint density at radius 2 is 1.74 bits per heavy atom. The van der Waals surface area contributed by atoms with Crippen molar-refractivity contribution in [2.45, 2.75) is 96.9 Å². The second kappa shape index (κ2) is 9.61. The minimum atomic E-state index is -0.634. The van der Waals surface area contributed by atoms with Crippen LogP contribution in [0.15, 0.2) is 0 Å². The number of fused-ring (bicyclic) bond motifs is 5. The van der Waals surface area contributed by atoms with E-state index in [0.29, 0.717) is 24.7 Å². The van der Waals surface area contributed by atoms with Crippen LogP contribution in [-0.4, -0.2) is 54.9 Å². The molecule has 4 saturated carbocycles. The fourth-order valence-electron chi connectivity index (χ4n) is 9.05. The van der Waals surface area contributed by atoms with E-state index < -0.39 is 18.4 Å². The van der Waals surface area contributed by atoms with Gasteiger partial charge >= 0.3 is 12.1 Å². The van der Waals surface area contributed by atoms with Gasteiger partial charge in [0.1, 0.15) is 6.10 Å². The Bertz CT molecular complexity index is 770. The number of aliphatic hydroxyl groups excluding tert-OH is 2. The van der Waals surface area contributed by atoms with Gasteiger partial charge in [0.15, 0.2) is 0 Å². The van der Waals surface area contributed by atoms with Crippen LogP contribution in [-0.2, 0) is 19.0 Å². The van der Waals surface area contributed by atoms with Crippen molar-refractivity contribution in [3.05, 3.63) is 0 Å². The molecule has 4 fully saturated rings. The maximum atomic E-state index is 11.7. The molecule has 0 radical (unpaired) electrons. The first-order chi connectivity index (χ1) is 16.1. The molecule has 4 aliphatic carbocycles. The van der Waals surface area contributed by atoms with E-state index in [1.54, 1.807) is 0 Å². The van der Waals surface area contributed by atoms with Crippen LogP contribution in [0.4, 0.5) is 4.79 Å². The molecule has 0 bridgehead atoms. The van der Waals surface area contributed by atoms with Gasteiger partial charge in [0.2, 0.25) is 0 Å². The van der Waals surface area contributed by atoms with Crippen LogP contribution in [0.1, 0.15) is 78.6 Å². The SMILES string of the molecule is COC(=O)CC[C@H](C)[C@@H]1CC[C@@H]2[C@@H]3[C@H](O)C[C@@H]4C[C@H](OC(=O)OC)CC[C@]4(C)[C@@H]3C[C@@H](O)[C@]21C. The van der Waals surface area contributed by atoms with Crippen molar-refractivity contribution in [2.24, 2.45) is 46.3 Å². The number of carbonyl (C=O) groups is 2. The third-order valence-corrected chi connectivity index (χ3v) is 11.0. The van der Waals surface area contributed by atoms with Crippen molar-refractivity contribution in [3.63, 3.8) is 0 Å². The van der Waals surface area contributed by atoms with E-state index >= 15 is 0 Å². The molecule has 0 aromatic carbocycles. The van der Waals surface area contributed by atoms with Gasteiger partial charge in [0.25, 0.3) is 0 Å². The van der Waals surface area contributed by atoms with E-state index in [2.05, 4.69) is 20.8 Å². The van der Waals surface area contributed by atoms with Crippen molar-refractivity contribution in [2.75, 3.05) is 14.2 Å². The Kier molecular flexibility index (Phi) is 7.27. The molecule has 0 spiro atoms. The molecule has 11 atom stereocenters. The van der Waals surface area contributed by atoms with Gasteiger partial charge < -0.3 is 24.4 Å². The Morgan fingerprint density at radius 3 is 2.41 bits per heavy atom. The molecule has 7 nitrogen and oxygen atoms in total. The van der Waals surface area contributed by atoms with E-state index in [1.165, 1.54) is 14.2 Å². The summed E-state index contributed by atoms with van der Waals surface area (Å²) >= 11 is 0. The molecule has 7 heteroatoms. The lowest BCUT2D eigenvalue weighted by atomic mass is 9.43. The maximum absolute atomic E-state index is 11.7. The van der Waals surface area contributed by atoms with Gasteiger partial charge in [-0.25, -0.2) is 4.79 Å². The van der Waals surface area contributed by atoms with Gasteiger partial charge in [-0.2, -0.15) is 0 Å². The number of hydrogen-bond acceptors (Lipinski definition) is 7. The molecule has 0 saturated heterocycles. The molecular formula is C27H44O7. The number of esters is 1. The molecule has 0 aliphatic heterocycles. The summed E-state index contributed by atoms with van der Waals surface area (Å²) in [6.07, 6.45) is 5.53. The summed E-state index contributed by atoms with van der Waals surface area (Å²) in [6, 6.07) is 0. The van der Waals surface area contributed by atoms with Gasteiger partial charge in [-0.15, -0.1) is 0 Å². The summed E-state index contributed by atoms with van der Waals surface area (Å²) in [5.41, 5.74) is -0.219. The smallest absolute Gasteiger partial charge is 0.469 e. The van der Waals surface area contributed by atoms with Crippen LogP contribution < -0.4 is 0 Å². The first-order valence-corrected chi connectivity index (χ1v) is 13.2. The van der Waals surface area contributed by atoms with Crippen molar-refractivity contribution in [3.8, 4) is 0 Å². The molecule has 0 aromatic heterocycles. The topological polar surface area (TPSA) is 102 Å². The highest BCUT2D eigenvalue weighted by Gasteiger charge is 2.65. The molecule has 0 amide bonds. The van der Waals surface area contributed by atoms with Crippen molar-refractivity contribution in [1.29, 1.82) is 0 Å². The number of aliphatic hydroxyl groups is 2. The molecule has 4 aliphatic rings. The van der Waals surface area contributed by atoms with Crippen LogP contribution in [0.5, 0.6) is 0 Å². The highest BCUT2D eigenvalue weighted by molar-refractivity contribution is 5.69. The largest absolute Gasteiger partial charge is 0.508 e. The fourth-order valence-corrected chi connectivity index (χ4v) is 9.05. The molecule has 0 heterocycles. The zero-order valence-electron chi connectivity index (χ0n) is 21.5. The molecule has 4 rings (SSSR count). The molecule has 0 aromatic rings. The van der Waals surface area contributed by atoms with E-state index in [4.69, 9.17) is 14.2 Å². The van der Waals surface area contributed by atoms with Crippen LogP contribution in [0.25, 0.3) is 0 Å². The lowest BCUT2D eigenvalue weighted by Crippen LogP contribution is -2.62. The Morgan fingerprint density at radius 1 is 1.00 bits per heavy atom. The Balaban J connectivity index is 1.53. The highest BCUT2D eigenvalue weighted by Crippen LogP contribution is 2.68. The standard InChI is InChI=1S/C27H44O7/c1-15(6-9-23(30)32-4)18-7-8-19-24-20(14-22(29)27(18,19)3)26(2)11-10-17(34-25(31)33-5)12-16(26)13-21(24)28/h15-22,24,28-29H,6-14H2,1-5H3/t15-,16-,17+,18-,19+,20+,21+,22+,24-,26-,27-/m0/s1. The number of methoxy groups -OCH3 is 2. The molecule has 34 heavy (non-hydrogen) atoms. The molecular weight excluding hydrogens is 436 g/mol. The maximum Gasteiger partial charge on any atom is 0.508 e. The predicted octanol–water partition coefficient (Wildman–Crippen LogP) is 4.33. The summed E-state index contributed by atoms with van der Waals surface area (Å²) in [5, 5.41) is 23.1. The van der Waals surface area contributed by atoms with Gasteiger partial charge in [0.05, 0.1) is 26.4 Å². The number of rotatable bonds is 5. The average molecular weight is 481 g/mol. The number of hydrogen-bond donors (Lipinski definition) is 2. The van der Waals surface area contributed by atoms with E-state index in [1.807, 2.05) is 0 Å². The quantitative estimate of drug-likeness (QED) is 0.565. The lowest BCUT2D eigenvalue weighted by molar-refractivity contribution is -0.207. The van der Waals surface area contributed by atoms with E-state index in [0.717, 1.165) is 44.9 Å². The second-order valence-corrected chi connectivity index (χ2v) is 12.2. The van der Waals surface area contributed by atoms with Crippen LogP contribution >= 0.6 is 0 Å². The lowest BCUT2D eigenvalue weighted by Gasteiger charge is -2.63. The van der Waals surface area contributed by atoms with Gasteiger partial charge in [-0.1, -0.05) is 20.8 Å². The van der Waals surface area contributed by atoms with Gasteiger partial charge in [0, 0.05) is 6.42 Å². The second-order valence-electron chi connectivity index (χ2n) is 12.2. The summed E-state index contributed by atoms with van der Waals surface area (Å²) < 4.78 is 15.0. The predicted molar refractivity (Wildman–Crippen MR) is 126 cm³/mol. The summed E-state index contributed by atoms with van der Waals surface area (Å²) in [4.78, 5) is 23.4.